The lowest BCUT2D eigenvalue weighted by Gasteiger charge is -2.52. The van der Waals surface area contributed by atoms with Crippen LogP contribution in [0, 0.1) is 13.8 Å². The lowest BCUT2D eigenvalue weighted by Crippen LogP contribution is -2.51. The molecule has 1 fully saturated rings. The molecule has 4 aliphatic carbocycles. The maximum Gasteiger partial charge on any atom is 0.0575 e. The Hall–Kier alpha value is -10.1. The molecule has 1 aliphatic heterocycles. The summed E-state index contributed by atoms with van der Waals surface area (Å²) in [6.07, 6.45) is 0. The van der Waals surface area contributed by atoms with Gasteiger partial charge in [0.15, 0.2) is 0 Å². The lowest BCUT2D eigenvalue weighted by molar-refractivity contribution is 0.271. The highest BCUT2D eigenvalue weighted by Crippen LogP contribution is 2.87. The molecule has 0 radical (unpaired) electrons. The molecule has 2 nitrogen and oxygen atoms in total. The summed E-state index contributed by atoms with van der Waals surface area (Å²) in [5.74, 6) is 0. The van der Waals surface area contributed by atoms with Gasteiger partial charge in [0, 0.05) is 29.6 Å². The second kappa shape index (κ2) is 8.42. The molecule has 5 aliphatic rings. The summed E-state index contributed by atoms with van der Waals surface area (Å²) in [6, 6.07) is 28.7. The van der Waals surface area contributed by atoms with E-state index in [4.69, 9.17) is 0 Å². The Kier molecular flexibility index (Phi) is 3.42. The number of likely N-dealkylation sites (N-methyl/N-ethyl adjacent to an activating group) is 1. The normalized spacial score (nSPS) is 21.7. The minimum atomic E-state index is -0.387. The average molecular weight is 1050 g/mol. The van der Waals surface area contributed by atoms with E-state index in [0.717, 1.165) is 6.54 Å². The van der Waals surface area contributed by atoms with Crippen LogP contribution in [0.3, 0.4) is 0 Å². The van der Waals surface area contributed by atoms with Crippen molar-refractivity contribution in [1.82, 2.24) is 4.90 Å². The van der Waals surface area contributed by atoms with Crippen LogP contribution < -0.4 is 4.90 Å². The average Bonchev–Trinajstić information content (AvgIpc) is 1.38. The Morgan fingerprint density at radius 3 is 0.671 bits per heavy atom. The van der Waals surface area contributed by atoms with Gasteiger partial charge in [-0.25, -0.2) is 0 Å². The van der Waals surface area contributed by atoms with Crippen molar-refractivity contribution in [1.29, 1.82) is 0 Å². The van der Waals surface area contributed by atoms with E-state index in [1.165, 1.54) is 33.8 Å². The molecule has 0 bridgehead atoms. The predicted octanol–water partition coefficient (Wildman–Crippen LogP) is 22.1. The molecule has 2 spiro atoms. The molecule has 1 saturated heterocycles. The zero-order chi connectivity index (χ0) is 51.9. The molecule has 36 rings (SSSR count). The van der Waals surface area contributed by atoms with Crippen molar-refractivity contribution in [3.63, 3.8) is 0 Å². The molecular formula is C83H24N2. The van der Waals surface area contributed by atoms with Gasteiger partial charge in [0.1, 0.15) is 0 Å². The second-order valence-corrected chi connectivity index (χ2v) is 30.4. The standard InChI is InChI=1S/C83H24N2/c1-17-4-10-20(11-5-17)85(21-12-6-18(2)7-13-21)22-14-8-19(9-15-22)81-83-79-73-67-57-45-37-29-25-23-24-27-31(29)39(45)49-43-35(27)36-28(24)32-30-26(23)34-33(25)41-47(37)55-61-51(41)52-42(34)48-38(30)46-40(32)50-44(36)54-53(43)65(59(49)67)75(79)76-66(54)60(50)68-58(46)64-56(48)62(52)70-69(61)77(71(73)63(55)57)82(83,16-84(81)3)78(70)72(64)74(68)80(76)83/h4-15,81H,16H2,1-3H3. The van der Waals surface area contributed by atoms with Crippen molar-refractivity contribution < 1.29 is 0 Å². The molecule has 31 aromatic carbocycles. The zero-order valence-corrected chi connectivity index (χ0v) is 45.1. The fourth-order valence-corrected chi connectivity index (χ4v) is 28.2. The number of benzene rings is 21. The van der Waals surface area contributed by atoms with Gasteiger partial charge in [-0.3, -0.25) is 4.90 Å². The molecule has 31 aromatic rings. The SMILES string of the molecule is Cc1ccc(N(c2ccc(C)cc2)c2ccc(C3N(C)CC45c6c7c8c9c%10c%11c(c%12c%13c4c4c6c6c%14c7c7c8c8c%10c%10c%15c%11c%11c%12c%12c%13c%13c4c4c6c6c%14c%14c7c7c8c%10c8c%10c%15c%11c%11c%12c%12c%13c4c4c6c6c%14c7c8c7c%10c%11c%12c4c67)C935)cc2)cc1. The highest BCUT2D eigenvalue weighted by Gasteiger charge is 2.76. The minimum absolute atomic E-state index is 0.0875. The predicted molar refractivity (Wildman–Crippen MR) is 360 cm³/mol. The Balaban J connectivity index is 0.905. The first kappa shape index (κ1) is 34.5. The molecule has 0 saturated carbocycles. The van der Waals surface area contributed by atoms with Crippen molar-refractivity contribution in [2.45, 2.75) is 30.7 Å². The largest absolute Gasteiger partial charge is 0.311 e. The van der Waals surface area contributed by atoms with Crippen molar-refractivity contribution in [2.75, 3.05) is 18.5 Å². The first-order chi connectivity index (χ1) is 42.1. The highest BCUT2D eigenvalue weighted by atomic mass is 15.2. The van der Waals surface area contributed by atoms with Crippen LogP contribution >= 0.6 is 0 Å². The molecule has 85 heavy (non-hydrogen) atoms. The Morgan fingerprint density at radius 1 is 0.259 bits per heavy atom. The van der Waals surface area contributed by atoms with E-state index < -0.39 is 0 Å². The summed E-state index contributed by atoms with van der Waals surface area (Å²) in [6.45, 7) is 5.42. The third-order valence-electron chi connectivity index (χ3n) is 29.0. The Labute approximate surface area is 470 Å². The van der Waals surface area contributed by atoms with Gasteiger partial charge in [-0.15, -0.1) is 0 Å². The van der Waals surface area contributed by atoms with Crippen molar-refractivity contribution >= 4 is 308 Å². The summed E-state index contributed by atoms with van der Waals surface area (Å²) < 4.78 is 0. The maximum absolute atomic E-state index is 2.97. The van der Waals surface area contributed by atoms with Gasteiger partial charge in [0.25, 0.3) is 0 Å². The van der Waals surface area contributed by atoms with Crippen molar-refractivity contribution in [2.24, 2.45) is 0 Å². The molecule has 366 valence electrons. The maximum atomic E-state index is 2.97. The van der Waals surface area contributed by atoms with Gasteiger partial charge >= 0.3 is 0 Å². The summed E-state index contributed by atoms with van der Waals surface area (Å²) in [4.78, 5) is 5.46. The van der Waals surface area contributed by atoms with Crippen molar-refractivity contribution in [3.8, 4) is 0 Å². The summed E-state index contributed by atoms with van der Waals surface area (Å²) >= 11 is 0. The summed E-state index contributed by atoms with van der Waals surface area (Å²) in [5.41, 5.74) is 14.0. The van der Waals surface area contributed by atoms with Gasteiger partial charge in [-0.1, -0.05) is 47.5 Å². The van der Waals surface area contributed by atoms with Crippen LogP contribution in [0.4, 0.5) is 17.1 Å². The van der Waals surface area contributed by atoms with Crippen LogP contribution in [0.2, 0.25) is 0 Å². The van der Waals surface area contributed by atoms with Crippen LogP contribution in [0.25, 0.3) is 291 Å². The molecule has 2 heteroatoms. The van der Waals surface area contributed by atoms with Crippen LogP contribution in [0.15, 0.2) is 72.8 Å². The molecular weight excluding hydrogens is 1020 g/mol. The third-order valence-corrected chi connectivity index (χ3v) is 29.0. The minimum Gasteiger partial charge on any atom is -0.311 e. The number of likely N-dealkylation sites (tertiary alicyclic amines) is 1. The molecule has 1 heterocycles. The van der Waals surface area contributed by atoms with E-state index in [0.29, 0.717) is 0 Å². The smallest absolute Gasteiger partial charge is 0.0575 e. The van der Waals surface area contributed by atoms with E-state index in [-0.39, 0.29) is 16.9 Å². The highest BCUT2D eigenvalue weighted by molar-refractivity contribution is 6.82. The second-order valence-electron chi connectivity index (χ2n) is 30.4. The summed E-state index contributed by atoms with van der Waals surface area (Å²) in [7, 11) is 2.59. The number of anilines is 3. The molecule has 1 atom stereocenters. The van der Waals surface area contributed by atoms with Gasteiger partial charge in [-0.05, 0) is 376 Å². The van der Waals surface area contributed by atoms with E-state index in [2.05, 4.69) is 103 Å². The quantitative estimate of drug-likeness (QED) is 0.162. The number of aryl methyl sites for hydroxylation is 2. The first-order valence-corrected chi connectivity index (χ1v) is 31.6. The van der Waals surface area contributed by atoms with E-state index >= 15 is 0 Å². The van der Waals surface area contributed by atoms with Crippen molar-refractivity contribution in [3.05, 3.63) is 112 Å². The zero-order valence-electron chi connectivity index (χ0n) is 45.1. The Bertz CT molecular complexity index is 8080. The number of hydrogen-bond donors (Lipinski definition) is 0. The topological polar surface area (TPSA) is 6.48 Å². The summed E-state index contributed by atoms with van der Waals surface area (Å²) in [5, 5.41) is 89.8. The molecule has 0 aromatic heterocycles. The first-order valence-electron chi connectivity index (χ1n) is 31.6. The lowest BCUT2D eigenvalue weighted by atomic mass is 9.47. The van der Waals surface area contributed by atoms with E-state index in [1.54, 1.807) is 313 Å². The van der Waals surface area contributed by atoms with Crippen LogP contribution in [-0.4, -0.2) is 18.5 Å². The molecule has 0 amide bonds. The van der Waals surface area contributed by atoms with Gasteiger partial charge in [0.05, 0.1) is 10.8 Å². The monoisotopic (exact) mass is 1050 g/mol. The van der Waals surface area contributed by atoms with Crippen LogP contribution in [0.1, 0.15) is 45.0 Å². The van der Waals surface area contributed by atoms with Crippen LogP contribution in [-0.2, 0) is 10.8 Å². The fraction of sp³-hybridized carbons (Fsp3) is 0.0843. The van der Waals surface area contributed by atoms with E-state index in [9.17, 15) is 0 Å². The van der Waals surface area contributed by atoms with Gasteiger partial charge < -0.3 is 4.90 Å². The molecule has 1 unspecified atom stereocenters. The number of hydrogen-bond acceptors (Lipinski definition) is 2. The molecule has 0 N–H and O–H groups in total. The van der Waals surface area contributed by atoms with Gasteiger partial charge in [-0.2, -0.15) is 0 Å². The fourth-order valence-electron chi connectivity index (χ4n) is 28.2. The Morgan fingerprint density at radius 2 is 0.447 bits per heavy atom. The van der Waals surface area contributed by atoms with Crippen LogP contribution in [0.5, 0.6) is 0 Å². The third kappa shape index (κ3) is 2.12. The van der Waals surface area contributed by atoms with Gasteiger partial charge in [0.2, 0.25) is 0 Å². The number of rotatable bonds is 4. The van der Waals surface area contributed by atoms with E-state index in [1.807, 2.05) is 0 Å². The number of nitrogens with zero attached hydrogens (tertiary/aromatic N) is 2.